The van der Waals surface area contributed by atoms with E-state index in [-0.39, 0.29) is 5.63 Å². The van der Waals surface area contributed by atoms with Crippen LogP contribution in [0.2, 0.25) is 5.02 Å². The van der Waals surface area contributed by atoms with Gasteiger partial charge in [-0.25, -0.2) is 4.79 Å². The molecule has 0 N–H and O–H groups in total. The van der Waals surface area contributed by atoms with Gasteiger partial charge in [0.25, 0.3) is 0 Å². The summed E-state index contributed by atoms with van der Waals surface area (Å²) in [5.74, 6) is 1.75. The van der Waals surface area contributed by atoms with Crippen LogP contribution in [0, 0.1) is 6.92 Å². The molecule has 2 aromatic heterocycles. The van der Waals surface area contributed by atoms with Crippen molar-refractivity contribution in [1.29, 1.82) is 0 Å². The zero-order chi connectivity index (χ0) is 21.4. The SMILES string of the molecule is Cc1cc2oc(=O)cc(CSc3nnc(-c4ccc(Cl)cc4)n3C)c2cc1C(C)C. The van der Waals surface area contributed by atoms with Crippen LogP contribution in [0.25, 0.3) is 22.4 Å². The molecule has 0 bridgehead atoms. The number of hydrogen-bond donors (Lipinski definition) is 0. The lowest BCUT2D eigenvalue weighted by atomic mass is 9.95. The zero-order valence-corrected chi connectivity index (χ0v) is 18.8. The first-order chi connectivity index (χ1) is 14.3. The molecule has 0 saturated carbocycles. The highest BCUT2D eigenvalue weighted by molar-refractivity contribution is 7.98. The lowest BCUT2D eigenvalue weighted by molar-refractivity contribution is 0.559. The number of aromatic nitrogens is 3. The van der Waals surface area contributed by atoms with Crippen LogP contribution in [0.4, 0.5) is 0 Å². The van der Waals surface area contributed by atoms with Crippen molar-refractivity contribution in [2.24, 2.45) is 7.05 Å². The number of thioether (sulfide) groups is 1. The molecule has 4 aromatic rings. The summed E-state index contributed by atoms with van der Waals surface area (Å²) < 4.78 is 7.41. The average molecular weight is 440 g/mol. The highest BCUT2D eigenvalue weighted by atomic mass is 35.5. The van der Waals surface area contributed by atoms with Crippen molar-refractivity contribution in [3.8, 4) is 11.4 Å². The smallest absolute Gasteiger partial charge is 0.336 e. The third kappa shape index (κ3) is 4.02. The van der Waals surface area contributed by atoms with Crippen LogP contribution in [-0.2, 0) is 12.8 Å². The second-order valence-corrected chi connectivity index (χ2v) is 8.99. The van der Waals surface area contributed by atoms with Gasteiger partial charge in [-0.05, 0) is 65.9 Å². The van der Waals surface area contributed by atoms with Crippen molar-refractivity contribution in [3.63, 3.8) is 0 Å². The summed E-state index contributed by atoms with van der Waals surface area (Å²) in [6, 6.07) is 13.2. The summed E-state index contributed by atoms with van der Waals surface area (Å²) in [4.78, 5) is 12.1. The molecule has 0 fully saturated rings. The molecule has 0 saturated heterocycles. The third-order valence-electron chi connectivity index (χ3n) is 5.13. The van der Waals surface area contributed by atoms with Crippen molar-refractivity contribution in [3.05, 3.63) is 74.6 Å². The van der Waals surface area contributed by atoms with Gasteiger partial charge in [-0.2, -0.15) is 0 Å². The van der Waals surface area contributed by atoms with Gasteiger partial charge in [0.2, 0.25) is 0 Å². The predicted octanol–water partition coefficient (Wildman–Crippen LogP) is 5.97. The van der Waals surface area contributed by atoms with Gasteiger partial charge < -0.3 is 8.98 Å². The van der Waals surface area contributed by atoms with Crippen LogP contribution in [-0.4, -0.2) is 14.8 Å². The van der Waals surface area contributed by atoms with E-state index in [9.17, 15) is 4.79 Å². The van der Waals surface area contributed by atoms with Gasteiger partial charge >= 0.3 is 5.63 Å². The fraction of sp³-hybridized carbons (Fsp3) is 0.261. The number of halogens is 1. The predicted molar refractivity (Wildman–Crippen MR) is 122 cm³/mol. The van der Waals surface area contributed by atoms with E-state index < -0.39 is 0 Å². The van der Waals surface area contributed by atoms with Crippen LogP contribution < -0.4 is 5.63 Å². The van der Waals surface area contributed by atoms with Crippen LogP contribution in [0.3, 0.4) is 0 Å². The molecular formula is C23H22ClN3O2S. The number of aryl methyl sites for hydroxylation is 1. The summed E-state index contributed by atoms with van der Waals surface area (Å²) in [6.07, 6.45) is 0. The fourth-order valence-electron chi connectivity index (χ4n) is 3.57. The molecule has 0 amide bonds. The Labute approximate surface area is 184 Å². The minimum absolute atomic E-state index is 0.338. The standard InChI is InChI=1S/C23H22ClN3O2S/c1-13(2)18-11-19-16(10-21(28)29-20(19)9-14(18)3)12-30-23-26-25-22(27(23)4)15-5-7-17(24)8-6-15/h5-11,13H,12H2,1-4H3. The molecule has 5 nitrogen and oxygen atoms in total. The molecule has 7 heteroatoms. The molecule has 154 valence electrons. The first-order valence-corrected chi connectivity index (χ1v) is 11.0. The molecule has 4 rings (SSSR count). The normalized spacial score (nSPS) is 11.5. The molecule has 0 aliphatic carbocycles. The molecule has 0 spiro atoms. The van der Waals surface area contributed by atoms with Gasteiger partial charge in [0.1, 0.15) is 5.58 Å². The van der Waals surface area contributed by atoms with E-state index >= 15 is 0 Å². The number of fused-ring (bicyclic) bond motifs is 1. The molecule has 0 unspecified atom stereocenters. The number of hydrogen-bond acceptors (Lipinski definition) is 5. The van der Waals surface area contributed by atoms with Crippen LogP contribution in [0.15, 0.2) is 56.8 Å². The van der Waals surface area contributed by atoms with E-state index in [1.807, 2.05) is 48.9 Å². The summed E-state index contributed by atoms with van der Waals surface area (Å²) in [6.45, 7) is 6.38. The highest BCUT2D eigenvalue weighted by Gasteiger charge is 2.15. The molecule has 0 aliphatic rings. The maximum absolute atomic E-state index is 12.1. The van der Waals surface area contributed by atoms with Gasteiger partial charge in [-0.3, -0.25) is 0 Å². The van der Waals surface area contributed by atoms with Crippen LogP contribution >= 0.6 is 23.4 Å². The largest absolute Gasteiger partial charge is 0.423 e. The van der Waals surface area contributed by atoms with Crippen LogP contribution in [0.1, 0.15) is 36.5 Å². The number of benzene rings is 2. The Hall–Kier alpha value is -2.57. The van der Waals surface area contributed by atoms with E-state index in [4.69, 9.17) is 16.0 Å². The number of nitrogens with zero attached hydrogens (tertiary/aromatic N) is 3. The Morgan fingerprint density at radius 1 is 1.13 bits per heavy atom. The van der Waals surface area contributed by atoms with Crippen molar-refractivity contribution in [1.82, 2.24) is 14.8 Å². The van der Waals surface area contributed by atoms with Gasteiger partial charge in [0.05, 0.1) is 0 Å². The van der Waals surface area contributed by atoms with Crippen molar-refractivity contribution < 1.29 is 4.42 Å². The van der Waals surface area contributed by atoms with E-state index in [1.165, 1.54) is 5.56 Å². The lowest BCUT2D eigenvalue weighted by Gasteiger charge is -2.13. The lowest BCUT2D eigenvalue weighted by Crippen LogP contribution is -2.02. The fourth-order valence-corrected chi connectivity index (χ4v) is 4.59. The Morgan fingerprint density at radius 3 is 2.57 bits per heavy atom. The average Bonchev–Trinajstić information content (AvgIpc) is 3.06. The van der Waals surface area contributed by atoms with Gasteiger partial charge in [-0.1, -0.05) is 37.2 Å². The summed E-state index contributed by atoms with van der Waals surface area (Å²) in [5, 5.41) is 11.1. The van der Waals surface area contributed by atoms with Gasteiger partial charge in [0, 0.05) is 34.8 Å². The molecule has 2 aromatic carbocycles. The molecule has 0 radical (unpaired) electrons. The Balaban J connectivity index is 1.66. The van der Waals surface area contributed by atoms with Gasteiger partial charge in [0.15, 0.2) is 11.0 Å². The second-order valence-electron chi connectivity index (χ2n) is 7.61. The first kappa shape index (κ1) is 20.7. The summed E-state index contributed by atoms with van der Waals surface area (Å²) in [7, 11) is 1.93. The van der Waals surface area contributed by atoms with Gasteiger partial charge in [-0.15, -0.1) is 10.2 Å². The third-order valence-corrected chi connectivity index (χ3v) is 6.45. The highest BCUT2D eigenvalue weighted by Crippen LogP contribution is 2.31. The topological polar surface area (TPSA) is 60.9 Å². The molecular weight excluding hydrogens is 418 g/mol. The van der Waals surface area contributed by atoms with E-state index in [2.05, 4.69) is 30.1 Å². The molecule has 2 heterocycles. The Morgan fingerprint density at radius 2 is 1.87 bits per heavy atom. The second kappa shape index (κ2) is 8.28. The molecule has 0 atom stereocenters. The maximum atomic E-state index is 12.1. The Kier molecular flexibility index (Phi) is 5.71. The van der Waals surface area contributed by atoms with E-state index in [0.717, 1.165) is 33.1 Å². The minimum atomic E-state index is -0.338. The molecule has 30 heavy (non-hydrogen) atoms. The number of rotatable bonds is 5. The van der Waals surface area contributed by atoms with Crippen molar-refractivity contribution >= 4 is 34.3 Å². The monoisotopic (exact) mass is 439 g/mol. The minimum Gasteiger partial charge on any atom is -0.423 e. The maximum Gasteiger partial charge on any atom is 0.336 e. The Bertz CT molecular complexity index is 1280. The van der Waals surface area contributed by atoms with Crippen molar-refractivity contribution in [2.75, 3.05) is 0 Å². The van der Waals surface area contributed by atoms with Crippen molar-refractivity contribution in [2.45, 2.75) is 37.6 Å². The first-order valence-electron chi connectivity index (χ1n) is 9.69. The quantitative estimate of drug-likeness (QED) is 0.283. The molecule has 0 aliphatic heterocycles. The van der Waals surface area contributed by atoms with E-state index in [1.54, 1.807) is 17.8 Å². The van der Waals surface area contributed by atoms with E-state index in [0.29, 0.717) is 22.3 Å². The van der Waals surface area contributed by atoms with Crippen LogP contribution in [0.5, 0.6) is 0 Å². The zero-order valence-electron chi connectivity index (χ0n) is 17.3. The summed E-state index contributed by atoms with van der Waals surface area (Å²) >= 11 is 7.53. The summed E-state index contributed by atoms with van der Waals surface area (Å²) in [5.41, 5.74) is 4.56.